The minimum absolute atomic E-state index is 0.140. The SMILES string of the molecule is Cc1cc(C)n(Cn2ccc(C(=O)NCC3CCCO3)n2)n1. The lowest BCUT2D eigenvalue weighted by atomic mass is 10.2. The molecule has 0 bridgehead atoms. The average Bonchev–Trinajstić information content (AvgIpc) is 3.20. The van der Waals surface area contributed by atoms with Crippen molar-refractivity contribution < 1.29 is 9.53 Å². The number of amides is 1. The van der Waals surface area contributed by atoms with E-state index in [1.807, 2.05) is 24.6 Å². The van der Waals surface area contributed by atoms with E-state index in [4.69, 9.17) is 4.74 Å². The van der Waals surface area contributed by atoms with Crippen LogP contribution in [0.4, 0.5) is 0 Å². The highest BCUT2D eigenvalue weighted by molar-refractivity contribution is 5.92. The molecule has 3 heterocycles. The number of nitrogens with zero attached hydrogens (tertiary/aromatic N) is 4. The van der Waals surface area contributed by atoms with Gasteiger partial charge in [-0.1, -0.05) is 0 Å². The van der Waals surface area contributed by atoms with Gasteiger partial charge in [0.1, 0.15) is 12.4 Å². The Hall–Kier alpha value is -2.15. The molecule has 0 spiro atoms. The van der Waals surface area contributed by atoms with Crippen LogP contribution < -0.4 is 5.32 Å². The summed E-state index contributed by atoms with van der Waals surface area (Å²) in [5.74, 6) is -0.164. The molecule has 1 atom stereocenters. The monoisotopic (exact) mass is 303 g/mol. The molecule has 22 heavy (non-hydrogen) atoms. The maximum Gasteiger partial charge on any atom is 0.271 e. The number of ether oxygens (including phenoxy) is 1. The summed E-state index contributed by atoms with van der Waals surface area (Å²) in [5.41, 5.74) is 2.45. The topological polar surface area (TPSA) is 74.0 Å². The number of rotatable bonds is 5. The van der Waals surface area contributed by atoms with Gasteiger partial charge < -0.3 is 10.1 Å². The van der Waals surface area contributed by atoms with Gasteiger partial charge in [0.25, 0.3) is 5.91 Å². The fraction of sp³-hybridized carbons (Fsp3) is 0.533. The van der Waals surface area contributed by atoms with Crippen LogP contribution in [0.3, 0.4) is 0 Å². The molecule has 7 nitrogen and oxygen atoms in total. The van der Waals surface area contributed by atoms with Crippen molar-refractivity contribution in [3.05, 3.63) is 35.4 Å². The summed E-state index contributed by atoms with van der Waals surface area (Å²) in [7, 11) is 0. The molecule has 1 aliphatic heterocycles. The van der Waals surface area contributed by atoms with Crippen LogP contribution in [0.2, 0.25) is 0 Å². The van der Waals surface area contributed by atoms with Crippen molar-refractivity contribution in [2.24, 2.45) is 0 Å². The third-order valence-electron chi connectivity index (χ3n) is 3.77. The van der Waals surface area contributed by atoms with E-state index in [1.54, 1.807) is 16.9 Å². The smallest absolute Gasteiger partial charge is 0.271 e. The lowest BCUT2D eigenvalue weighted by molar-refractivity contribution is 0.0853. The summed E-state index contributed by atoms with van der Waals surface area (Å²) < 4.78 is 9.05. The minimum Gasteiger partial charge on any atom is -0.376 e. The van der Waals surface area contributed by atoms with Crippen molar-refractivity contribution in [3.63, 3.8) is 0 Å². The number of carbonyl (C=O) groups excluding carboxylic acids is 1. The maximum absolute atomic E-state index is 12.1. The number of hydrogen-bond donors (Lipinski definition) is 1. The molecule has 0 aliphatic carbocycles. The molecule has 118 valence electrons. The first-order valence-electron chi connectivity index (χ1n) is 7.56. The predicted molar refractivity (Wildman–Crippen MR) is 80.6 cm³/mol. The molecular weight excluding hydrogens is 282 g/mol. The molecular formula is C15H21N5O2. The van der Waals surface area contributed by atoms with E-state index >= 15 is 0 Å². The van der Waals surface area contributed by atoms with E-state index in [0.717, 1.165) is 30.8 Å². The Morgan fingerprint density at radius 1 is 1.45 bits per heavy atom. The number of carbonyl (C=O) groups is 1. The van der Waals surface area contributed by atoms with Gasteiger partial charge in [-0.25, -0.2) is 4.68 Å². The van der Waals surface area contributed by atoms with Gasteiger partial charge in [-0.2, -0.15) is 10.2 Å². The predicted octanol–water partition coefficient (Wildman–Crippen LogP) is 1.11. The number of aryl methyl sites for hydroxylation is 2. The molecule has 2 aromatic heterocycles. The third-order valence-corrected chi connectivity index (χ3v) is 3.77. The highest BCUT2D eigenvalue weighted by Gasteiger charge is 2.17. The summed E-state index contributed by atoms with van der Waals surface area (Å²) in [6, 6.07) is 3.73. The van der Waals surface area contributed by atoms with E-state index < -0.39 is 0 Å². The number of nitrogens with one attached hydrogen (secondary N) is 1. The summed E-state index contributed by atoms with van der Waals surface area (Å²) in [5, 5.41) is 11.6. The highest BCUT2D eigenvalue weighted by Crippen LogP contribution is 2.10. The number of hydrogen-bond acceptors (Lipinski definition) is 4. The Kier molecular flexibility index (Phi) is 4.24. The second-order valence-electron chi connectivity index (χ2n) is 5.65. The Balaban J connectivity index is 1.58. The van der Waals surface area contributed by atoms with E-state index in [0.29, 0.717) is 18.9 Å². The van der Waals surface area contributed by atoms with Gasteiger partial charge in [0.05, 0.1) is 11.8 Å². The van der Waals surface area contributed by atoms with Crippen molar-refractivity contribution in [2.45, 2.75) is 39.5 Å². The minimum atomic E-state index is -0.164. The van der Waals surface area contributed by atoms with Crippen LogP contribution in [0.25, 0.3) is 0 Å². The lowest BCUT2D eigenvalue weighted by Crippen LogP contribution is -2.32. The van der Waals surface area contributed by atoms with Gasteiger partial charge in [0.2, 0.25) is 0 Å². The molecule has 1 saturated heterocycles. The van der Waals surface area contributed by atoms with Crippen molar-refractivity contribution in [2.75, 3.05) is 13.2 Å². The molecule has 1 aliphatic rings. The molecule has 0 radical (unpaired) electrons. The van der Waals surface area contributed by atoms with E-state index in [-0.39, 0.29) is 12.0 Å². The van der Waals surface area contributed by atoms with Crippen LogP contribution in [0.15, 0.2) is 18.3 Å². The van der Waals surface area contributed by atoms with Gasteiger partial charge in [0, 0.05) is 25.0 Å². The lowest BCUT2D eigenvalue weighted by Gasteiger charge is -2.09. The van der Waals surface area contributed by atoms with Crippen LogP contribution >= 0.6 is 0 Å². The van der Waals surface area contributed by atoms with Gasteiger partial charge in [-0.05, 0) is 38.8 Å². The van der Waals surface area contributed by atoms with Gasteiger partial charge in [-0.3, -0.25) is 9.48 Å². The first kappa shape index (κ1) is 14.8. The molecule has 1 unspecified atom stereocenters. The molecule has 7 heteroatoms. The Labute approximate surface area is 129 Å². The second-order valence-corrected chi connectivity index (χ2v) is 5.65. The Morgan fingerprint density at radius 3 is 3.00 bits per heavy atom. The first-order chi connectivity index (χ1) is 10.6. The van der Waals surface area contributed by atoms with Crippen LogP contribution in [0, 0.1) is 13.8 Å². The zero-order chi connectivity index (χ0) is 15.5. The van der Waals surface area contributed by atoms with E-state index in [1.165, 1.54) is 0 Å². The largest absolute Gasteiger partial charge is 0.376 e. The average molecular weight is 303 g/mol. The quantitative estimate of drug-likeness (QED) is 0.898. The molecule has 1 N–H and O–H groups in total. The molecule has 1 fully saturated rings. The molecule has 0 aromatic carbocycles. The van der Waals surface area contributed by atoms with Gasteiger partial charge in [0.15, 0.2) is 0 Å². The summed E-state index contributed by atoms with van der Waals surface area (Å²) in [6.45, 7) is 5.79. The maximum atomic E-state index is 12.1. The summed E-state index contributed by atoms with van der Waals surface area (Å²) in [6.07, 6.45) is 4.00. The second kappa shape index (κ2) is 6.31. The van der Waals surface area contributed by atoms with Crippen molar-refractivity contribution >= 4 is 5.91 Å². The van der Waals surface area contributed by atoms with Crippen LogP contribution in [0.5, 0.6) is 0 Å². The van der Waals surface area contributed by atoms with Crippen LogP contribution in [-0.4, -0.2) is 44.7 Å². The van der Waals surface area contributed by atoms with Gasteiger partial charge in [-0.15, -0.1) is 0 Å². The fourth-order valence-corrected chi connectivity index (χ4v) is 2.62. The molecule has 2 aromatic rings. The first-order valence-corrected chi connectivity index (χ1v) is 7.56. The summed E-state index contributed by atoms with van der Waals surface area (Å²) >= 11 is 0. The molecule has 0 saturated carbocycles. The third kappa shape index (κ3) is 3.36. The van der Waals surface area contributed by atoms with Crippen molar-refractivity contribution in [1.29, 1.82) is 0 Å². The number of aromatic nitrogens is 4. The zero-order valence-electron chi connectivity index (χ0n) is 13.0. The van der Waals surface area contributed by atoms with Crippen LogP contribution in [0.1, 0.15) is 34.7 Å². The van der Waals surface area contributed by atoms with E-state index in [9.17, 15) is 4.79 Å². The zero-order valence-corrected chi connectivity index (χ0v) is 13.0. The standard InChI is InChI=1S/C15H21N5O2/c1-11-8-12(2)20(17-11)10-19-6-5-14(18-19)15(21)16-9-13-4-3-7-22-13/h5-6,8,13H,3-4,7,9-10H2,1-2H3,(H,16,21). The van der Waals surface area contributed by atoms with Gasteiger partial charge >= 0.3 is 0 Å². The van der Waals surface area contributed by atoms with Crippen molar-refractivity contribution in [3.8, 4) is 0 Å². The van der Waals surface area contributed by atoms with Crippen LogP contribution in [-0.2, 0) is 11.4 Å². The molecule has 1 amide bonds. The Bertz CT molecular complexity index is 655. The molecule has 3 rings (SSSR count). The normalized spacial score (nSPS) is 17.8. The van der Waals surface area contributed by atoms with Crippen molar-refractivity contribution in [1.82, 2.24) is 24.9 Å². The van der Waals surface area contributed by atoms with E-state index in [2.05, 4.69) is 15.5 Å². The Morgan fingerprint density at radius 2 is 2.32 bits per heavy atom. The highest BCUT2D eigenvalue weighted by atomic mass is 16.5. The summed E-state index contributed by atoms with van der Waals surface area (Å²) in [4.78, 5) is 12.1. The fourth-order valence-electron chi connectivity index (χ4n) is 2.62.